The second-order valence-corrected chi connectivity index (χ2v) is 6.40. The van der Waals surface area contributed by atoms with Gasteiger partial charge in [-0.05, 0) is 12.8 Å². The second kappa shape index (κ2) is 7.09. The van der Waals surface area contributed by atoms with Crippen molar-refractivity contribution in [2.75, 3.05) is 6.61 Å². The smallest absolute Gasteiger partial charge is 0.273 e. The fourth-order valence-electron chi connectivity index (χ4n) is 3.02. The van der Waals surface area contributed by atoms with Gasteiger partial charge in [-0.3, -0.25) is 4.79 Å². The Labute approximate surface area is 149 Å². The van der Waals surface area contributed by atoms with Gasteiger partial charge in [0.15, 0.2) is 11.5 Å². The fourth-order valence-corrected chi connectivity index (χ4v) is 3.02. The van der Waals surface area contributed by atoms with E-state index in [0.717, 1.165) is 24.1 Å². The number of hydrogen-bond acceptors (Lipinski definition) is 6. The molecule has 1 fully saturated rings. The molecule has 134 valence electrons. The Morgan fingerprint density at radius 2 is 2.12 bits per heavy atom. The zero-order chi connectivity index (χ0) is 17.9. The van der Waals surface area contributed by atoms with E-state index >= 15 is 0 Å². The summed E-state index contributed by atoms with van der Waals surface area (Å²) >= 11 is 0. The summed E-state index contributed by atoms with van der Waals surface area (Å²) in [7, 11) is 0. The van der Waals surface area contributed by atoms with Gasteiger partial charge in [-0.15, -0.1) is 5.10 Å². The zero-order valence-corrected chi connectivity index (χ0v) is 14.1. The molecule has 0 atom stereocenters. The monoisotopic (exact) mass is 353 g/mol. The summed E-state index contributed by atoms with van der Waals surface area (Å²) in [6.07, 6.45) is 3.93. The van der Waals surface area contributed by atoms with E-state index in [4.69, 9.17) is 9.63 Å². The summed E-state index contributed by atoms with van der Waals surface area (Å²) in [5.74, 6) is 0.334. The third-order valence-corrected chi connectivity index (χ3v) is 4.55. The van der Waals surface area contributed by atoms with Crippen molar-refractivity contribution in [3.63, 3.8) is 0 Å². The van der Waals surface area contributed by atoms with Crippen LogP contribution in [0.25, 0.3) is 11.3 Å². The molecule has 1 saturated carbocycles. The second-order valence-electron chi connectivity index (χ2n) is 6.40. The van der Waals surface area contributed by atoms with Gasteiger partial charge in [-0.25, -0.2) is 4.68 Å². The number of nitrogens with one attached hydrogen (secondary N) is 1. The zero-order valence-electron chi connectivity index (χ0n) is 14.1. The quantitative estimate of drug-likeness (QED) is 0.697. The van der Waals surface area contributed by atoms with Gasteiger partial charge in [0.05, 0.1) is 11.7 Å². The molecule has 26 heavy (non-hydrogen) atoms. The fraction of sp³-hybridized carbons (Fsp3) is 0.333. The van der Waals surface area contributed by atoms with Crippen molar-refractivity contribution in [2.24, 2.45) is 0 Å². The average Bonchev–Trinajstić information content (AvgIpc) is 3.28. The molecule has 0 radical (unpaired) electrons. The lowest BCUT2D eigenvalue weighted by molar-refractivity contribution is 0.0878. The standard InChI is InChI=1S/C18H19N5O3/c24-7-6-13-11-23(22-20-13)15-8-14(9-15)19-18(25)16-10-17(26-21-16)12-4-2-1-3-5-12/h1-5,10-11,14-15,24H,6-9H2,(H,19,25). The molecule has 1 amide bonds. The molecule has 0 saturated heterocycles. The maximum atomic E-state index is 12.3. The molecule has 1 aliphatic rings. The average molecular weight is 353 g/mol. The van der Waals surface area contributed by atoms with Gasteiger partial charge in [0.2, 0.25) is 0 Å². The molecule has 2 heterocycles. The summed E-state index contributed by atoms with van der Waals surface area (Å²) in [5, 5.41) is 23.9. The summed E-state index contributed by atoms with van der Waals surface area (Å²) < 4.78 is 7.07. The number of carbonyl (C=O) groups excluding carboxylic acids is 1. The van der Waals surface area contributed by atoms with Crippen LogP contribution in [0.3, 0.4) is 0 Å². The van der Waals surface area contributed by atoms with E-state index in [9.17, 15) is 4.79 Å². The van der Waals surface area contributed by atoms with E-state index in [0.29, 0.717) is 12.2 Å². The highest BCUT2D eigenvalue weighted by molar-refractivity contribution is 5.93. The summed E-state index contributed by atoms with van der Waals surface area (Å²) in [4.78, 5) is 12.3. The molecule has 4 rings (SSSR count). The van der Waals surface area contributed by atoms with Crippen LogP contribution in [0.5, 0.6) is 0 Å². The van der Waals surface area contributed by atoms with Crippen LogP contribution in [0.4, 0.5) is 0 Å². The molecule has 1 aliphatic carbocycles. The van der Waals surface area contributed by atoms with Crippen molar-refractivity contribution in [3.05, 3.63) is 54.0 Å². The molecular weight excluding hydrogens is 334 g/mol. The number of carbonyl (C=O) groups is 1. The first-order valence-electron chi connectivity index (χ1n) is 8.57. The van der Waals surface area contributed by atoms with Crippen molar-refractivity contribution in [1.29, 1.82) is 0 Å². The van der Waals surface area contributed by atoms with Crippen LogP contribution in [-0.4, -0.2) is 43.8 Å². The van der Waals surface area contributed by atoms with Gasteiger partial charge in [0, 0.05) is 36.9 Å². The van der Waals surface area contributed by atoms with Crippen LogP contribution in [-0.2, 0) is 6.42 Å². The first kappa shape index (κ1) is 16.5. The molecule has 2 aromatic heterocycles. The predicted octanol–water partition coefficient (Wildman–Crippen LogP) is 1.60. The van der Waals surface area contributed by atoms with Crippen molar-refractivity contribution in [2.45, 2.75) is 31.3 Å². The molecule has 3 aromatic rings. The topological polar surface area (TPSA) is 106 Å². The summed E-state index contributed by atoms with van der Waals surface area (Å²) in [6.45, 7) is 0.0602. The highest BCUT2D eigenvalue weighted by Crippen LogP contribution is 2.31. The third-order valence-electron chi connectivity index (χ3n) is 4.55. The van der Waals surface area contributed by atoms with E-state index in [1.165, 1.54) is 0 Å². The van der Waals surface area contributed by atoms with Gasteiger partial charge in [0.1, 0.15) is 0 Å². The van der Waals surface area contributed by atoms with E-state index in [2.05, 4.69) is 20.8 Å². The Hall–Kier alpha value is -3.00. The molecule has 2 N–H and O–H groups in total. The number of hydrogen-bond donors (Lipinski definition) is 2. The van der Waals surface area contributed by atoms with Crippen molar-refractivity contribution >= 4 is 5.91 Å². The van der Waals surface area contributed by atoms with Gasteiger partial charge < -0.3 is 14.9 Å². The Bertz CT molecular complexity index is 883. The van der Waals surface area contributed by atoms with Crippen LogP contribution < -0.4 is 5.32 Å². The molecule has 1 aromatic carbocycles. The minimum absolute atomic E-state index is 0.0602. The molecule has 8 heteroatoms. The van der Waals surface area contributed by atoms with Gasteiger partial charge >= 0.3 is 0 Å². The van der Waals surface area contributed by atoms with Gasteiger partial charge in [0.25, 0.3) is 5.91 Å². The highest BCUT2D eigenvalue weighted by atomic mass is 16.5. The third kappa shape index (κ3) is 3.36. The minimum atomic E-state index is -0.237. The molecule has 0 spiro atoms. The molecular formula is C18H19N5O3. The Morgan fingerprint density at radius 3 is 2.88 bits per heavy atom. The first-order chi connectivity index (χ1) is 12.7. The van der Waals surface area contributed by atoms with Crippen molar-refractivity contribution in [1.82, 2.24) is 25.5 Å². The van der Waals surface area contributed by atoms with Crippen LogP contribution in [0.2, 0.25) is 0 Å². The highest BCUT2D eigenvalue weighted by Gasteiger charge is 2.33. The van der Waals surface area contributed by atoms with Gasteiger partial charge in [-0.2, -0.15) is 0 Å². The lowest BCUT2D eigenvalue weighted by Gasteiger charge is -2.35. The van der Waals surface area contributed by atoms with Gasteiger partial charge in [-0.1, -0.05) is 40.7 Å². The number of nitrogens with zero attached hydrogens (tertiary/aromatic N) is 4. The largest absolute Gasteiger partial charge is 0.396 e. The first-order valence-corrected chi connectivity index (χ1v) is 8.57. The van der Waals surface area contributed by atoms with Crippen LogP contribution in [0.1, 0.15) is 35.1 Å². The van der Waals surface area contributed by atoms with E-state index in [1.807, 2.05) is 36.5 Å². The van der Waals surface area contributed by atoms with Crippen molar-refractivity contribution in [3.8, 4) is 11.3 Å². The molecule has 8 nitrogen and oxygen atoms in total. The lowest BCUT2D eigenvalue weighted by Crippen LogP contribution is -2.45. The summed E-state index contributed by atoms with van der Waals surface area (Å²) in [5.41, 5.74) is 1.93. The lowest BCUT2D eigenvalue weighted by atomic mass is 9.87. The summed E-state index contributed by atoms with van der Waals surface area (Å²) in [6, 6.07) is 11.5. The Kier molecular flexibility index (Phi) is 4.49. The van der Waals surface area contributed by atoms with E-state index in [1.54, 1.807) is 10.7 Å². The van der Waals surface area contributed by atoms with E-state index < -0.39 is 0 Å². The minimum Gasteiger partial charge on any atom is -0.396 e. The molecule has 0 unspecified atom stereocenters. The number of aromatic nitrogens is 4. The molecule has 0 aliphatic heterocycles. The van der Waals surface area contributed by atoms with Crippen LogP contribution >= 0.6 is 0 Å². The van der Waals surface area contributed by atoms with Crippen LogP contribution in [0.15, 0.2) is 47.1 Å². The Balaban J connectivity index is 1.32. The molecule has 0 bridgehead atoms. The number of benzene rings is 1. The number of aliphatic hydroxyl groups is 1. The number of aliphatic hydroxyl groups excluding tert-OH is 1. The number of rotatable bonds is 6. The maximum Gasteiger partial charge on any atom is 0.273 e. The van der Waals surface area contributed by atoms with E-state index in [-0.39, 0.29) is 30.3 Å². The van der Waals surface area contributed by atoms with Crippen LogP contribution in [0, 0.1) is 0 Å². The number of amides is 1. The predicted molar refractivity (Wildman–Crippen MR) is 92.3 cm³/mol. The Morgan fingerprint density at radius 1 is 1.31 bits per heavy atom. The van der Waals surface area contributed by atoms with Crippen molar-refractivity contribution < 1.29 is 14.4 Å². The maximum absolute atomic E-state index is 12.3. The SMILES string of the molecule is O=C(NC1CC(n2cc(CCO)nn2)C1)c1cc(-c2ccccc2)on1. The normalized spacial score (nSPS) is 19.1.